The number of carbonyl (C=O) groups is 1. The summed E-state index contributed by atoms with van der Waals surface area (Å²) in [5.74, 6) is 0.141. The van der Waals surface area contributed by atoms with Crippen molar-refractivity contribution >= 4 is 5.91 Å². The number of hydrogen-bond acceptors (Lipinski definition) is 2. The predicted octanol–water partition coefficient (Wildman–Crippen LogP) is 0.860. The molecule has 1 fully saturated rings. The number of amides is 1. The molecule has 0 saturated heterocycles. The van der Waals surface area contributed by atoms with Crippen LogP contribution in [0.5, 0.6) is 0 Å². The maximum atomic E-state index is 11.3. The van der Waals surface area contributed by atoms with Crippen LogP contribution in [0.4, 0.5) is 0 Å². The SMILES string of the molecule is Cc1ccnn1CCC(=O)NC1CC1. The molecule has 1 aliphatic rings. The highest BCUT2D eigenvalue weighted by Crippen LogP contribution is 2.18. The second-order valence-corrected chi connectivity index (χ2v) is 3.79. The first-order valence-corrected chi connectivity index (χ1v) is 5.03. The molecule has 1 heterocycles. The summed E-state index contributed by atoms with van der Waals surface area (Å²) in [6.07, 6.45) is 4.58. The number of aryl methyl sites for hydroxylation is 2. The number of nitrogens with one attached hydrogen (secondary N) is 1. The van der Waals surface area contributed by atoms with Crippen LogP contribution in [0.3, 0.4) is 0 Å². The van der Waals surface area contributed by atoms with Crippen molar-refractivity contribution in [2.24, 2.45) is 0 Å². The molecule has 0 bridgehead atoms. The minimum atomic E-state index is 0.141. The third-order valence-corrected chi connectivity index (χ3v) is 2.42. The van der Waals surface area contributed by atoms with Crippen molar-refractivity contribution in [1.29, 1.82) is 0 Å². The molecule has 0 radical (unpaired) electrons. The van der Waals surface area contributed by atoms with E-state index in [2.05, 4.69) is 10.4 Å². The average molecular weight is 193 g/mol. The van der Waals surface area contributed by atoms with Gasteiger partial charge in [0.05, 0.1) is 0 Å². The topological polar surface area (TPSA) is 46.9 Å². The van der Waals surface area contributed by atoms with Crippen LogP contribution in [-0.4, -0.2) is 21.7 Å². The van der Waals surface area contributed by atoms with Gasteiger partial charge in [0.1, 0.15) is 0 Å². The van der Waals surface area contributed by atoms with E-state index < -0.39 is 0 Å². The molecule has 76 valence electrons. The van der Waals surface area contributed by atoms with Crippen molar-refractivity contribution in [2.45, 2.75) is 38.8 Å². The standard InChI is InChI=1S/C10H15N3O/c1-8-4-6-11-13(8)7-5-10(14)12-9-2-3-9/h4,6,9H,2-3,5,7H2,1H3,(H,12,14). The summed E-state index contributed by atoms with van der Waals surface area (Å²) >= 11 is 0. The van der Waals surface area contributed by atoms with Gasteiger partial charge in [-0.3, -0.25) is 9.48 Å². The van der Waals surface area contributed by atoms with Crippen molar-refractivity contribution in [3.63, 3.8) is 0 Å². The zero-order chi connectivity index (χ0) is 9.97. The fourth-order valence-electron chi connectivity index (χ4n) is 1.37. The number of nitrogens with zero attached hydrogens (tertiary/aromatic N) is 2. The Morgan fingerprint density at radius 1 is 1.71 bits per heavy atom. The van der Waals surface area contributed by atoms with Crippen LogP contribution in [0.2, 0.25) is 0 Å². The number of rotatable bonds is 4. The highest BCUT2D eigenvalue weighted by Gasteiger charge is 2.22. The van der Waals surface area contributed by atoms with Crippen LogP contribution >= 0.6 is 0 Å². The second-order valence-electron chi connectivity index (χ2n) is 3.79. The fraction of sp³-hybridized carbons (Fsp3) is 0.600. The molecule has 0 aliphatic heterocycles. The Kier molecular flexibility index (Phi) is 2.52. The van der Waals surface area contributed by atoms with Crippen LogP contribution in [0, 0.1) is 6.92 Å². The zero-order valence-corrected chi connectivity index (χ0v) is 8.36. The normalized spacial score (nSPS) is 15.5. The highest BCUT2D eigenvalue weighted by molar-refractivity contribution is 5.76. The lowest BCUT2D eigenvalue weighted by molar-refractivity contribution is -0.121. The average Bonchev–Trinajstić information content (AvgIpc) is 2.86. The van der Waals surface area contributed by atoms with Gasteiger partial charge in [-0.1, -0.05) is 0 Å². The Morgan fingerprint density at radius 2 is 2.50 bits per heavy atom. The molecule has 14 heavy (non-hydrogen) atoms. The monoisotopic (exact) mass is 193 g/mol. The molecule has 1 aliphatic carbocycles. The van der Waals surface area contributed by atoms with Crippen LogP contribution in [0.15, 0.2) is 12.3 Å². The Bertz CT molecular complexity index is 328. The second kappa shape index (κ2) is 3.82. The first kappa shape index (κ1) is 9.24. The van der Waals surface area contributed by atoms with E-state index in [1.807, 2.05) is 17.7 Å². The van der Waals surface area contributed by atoms with Crippen molar-refractivity contribution in [3.8, 4) is 0 Å². The number of carbonyl (C=O) groups excluding carboxylic acids is 1. The number of aromatic nitrogens is 2. The van der Waals surface area contributed by atoms with Gasteiger partial charge in [-0.2, -0.15) is 5.10 Å². The molecule has 1 aromatic heterocycles. The Balaban J connectivity index is 1.76. The minimum absolute atomic E-state index is 0.141. The summed E-state index contributed by atoms with van der Waals surface area (Å²) in [4.78, 5) is 11.3. The summed E-state index contributed by atoms with van der Waals surface area (Å²) in [7, 11) is 0. The van der Waals surface area contributed by atoms with Gasteiger partial charge in [0.2, 0.25) is 5.91 Å². The largest absolute Gasteiger partial charge is 0.353 e. The Hall–Kier alpha value is -1.32. The van der Waals surface area contributed by atoms with Crippen LogP contribution in [-0.2, 0) is 11.3 Å². The first-order valence-electron chi connectivity index (χ1n) is 5.03. The van der Waals surface area contributed by atoms with Gasteiger partial charge >= 0.3 is 0 Å². The van der Waals surface area contributed by atoms with Gasteiger partial charge < -0.3 is 5.32 Å². The lowest BCUT2D eigenvalue weighted by Crippen LogP contribution is -2.26. The molecular weight excluding hydrogens is 178 g/mol. The lowest BCUT2D eigenvalue weighted by Gasteiger charge is -2.04. The van der Waals surface area contributed by atoms with E-state index in [0.717, 1.165) is 18.5 Å². The van der Waals surface area contributed by atoms with Gasteiger partial charge in [0.25, 0.3) is 0 Å². The van der Waals surface area contributed by atoms with Crippen LogP contribution in [0.25, 0.3) is 0 Å². The smallest absolute Gasteiger partial charge is 0.222 e. The van der Waals surface area contributed by atoms with E-state index in [0.29, 0.717) is 19.0 Å². The highest BCUT2D eigenvalue weighted by atomic mass is 16.1. The van der Waals surface area contributed by atoms with Crippen molar-refractivity contribution in [3.05, 3.63) is 18.0 Å². The molecule has 0 aromatic carbocycles. The molecule has 0 atom stereocenters. The van der Waals surface area contributed by atoms with Crippen LogP contribution < -0.4 is 5.32 Å². The summed E-state index contributed by atoms with van der Waals surface area (Å²) in [6, 6.07) is 2.40. The number of hydrogen-bond donors (Lipinski definition) is 1. The van der Waals surface area contributed by atoms with Gasteiger partial charge in [-0.25, -0.2) is 0 Å². The van der Waals surface area contributed by atoms with E-state index in [1.54, 1.807) is 6.20 Å². The van der Waals surface area contributed by atoms with Gasteiger partial charge in [0, 0.05) is 30.9 Å². The van der Waals surface area contributed by atoms with E-state index in [1.165, 1.54) is 0 Å². The summed E-state index contributed by atoms with van der Waals surface area (Å²) in [5.41, 5.74) is 1.10. The fourth-order valence-corrected chi connectivity index (χ4v) is 1.37. The first-order chi connectivity index (χ1) is 6.75. The van der Waals surface area contributed by atoms with Crippen molar-refractivity contribution in [2.75, 3.05) is 0 Å². The molecule has 0 spiro atoms. The Morgan fingerprint density at radius 3 is 3.07 bits per heavy atom. The molecule has 1 amide bonds. The minimum Gasteiger partial charge on any atom is -0.353 e. The maximum Gasteiger partial charge on any atom is 0.222 e. The lowest BCUT2D eigenvalue weighted by atomic mass is 10.4. The summed E-state index contributed by atoms with van der Waals surface area (Å²) < 4.78 is 1.85. The molecule has 4 nitrogen and oxygen atoms in total. The summed E-state index contributed by atoms with van der Waals surface area (Å²) in [6.45, 7) is 2.67. The van der Waals surface area contributed by atoms with Gasteiger partial charge in [-0.05, 0) is 25.8 Å². The van der Waals surface area contributed by atoms with Gasteiger partial charge in [-0.15, -0.1) is 0 Å². The third kappa shape index (κ3) is 2.34. The molecule has 2 rings (SSSR count). The zero-order valence-electron chi connectivity index (χ0n) is 8.36. The van der Waals surface area contributed by atoms with Crippen molar-refractivity contribution in [1.82, 2.24) is 15.1 Å². The van der Waals surface area contributed by atoms with Crippen LogP contribution in [0.1, 0.15) is 25.0 Å². The van der Waals surface area contributed by atoms with E-state index >= 15 is 0 Å². The quantitative estimate of drug-likeness (QED) is 0.771. The molecule has 1 N–H and O–H groups in total. The molecular formula is C10H15N3O. The third-order valence-electron chi connectivity index (χ3n) is 2.42. The van der Waals surface area contributed by atoms with Gasteiger partial charge in [0.15, 0.2) is 0 Å². The van der Waals surface area contributed by atoms with E-state index in [9.17, 15) is 4.79 Å². The predicted molar refractivity (Wildman–Crippen MR) is 52.7 cm³/mol. The Labute approximate surface area is 83.3 Å². The van der Waals surface area contributed by atoms with E-state index in [4.69, 9.17) is 0 Å². The maximum absolute atomic E-state index is 11.3. The molecule has 1 aromatic rings. The molecule has 0 unspecified atom stereocenters. The molecule has 4 heteroatoms. The van der Waals surface area contributed by atoms with Crippen molar-refractivity contribution < 1.29 is 4.79 Å². The summed E-state index contributed by atoms with van der Waals surface area (Å²) in [5, 5.41) is 7.07. The molecule has 1 saturated carbocycles. The van der Waals surface area contributed by atoms with E-state index in [-0.39, 0.29) is 5.91 Å².